The van der Waals surface area contributed by atoms with E-state index >= 15 is 0 Å². The number of amides is 1. The molecule has 0 aliphatic carbocycles. The van der Waals surface area contributed by atoms with Crippen LogP contribution in [0.3, 0.4) is 0 Å². The summed E-state index contributed by atoms with van der Waals surface area (Å²) in [6.07, 6.45) is 1.70. The molecular formula is C24H20N2OS. The summed E-state index contributed by atoms with van der Waals surface area (Å²) in [5.74, 6) is 1.08. The van der Waals surface area contributed by atoms with Crippen LogP contribution in [0.1, 0.15) is 11.1 Å². The highest BCUT2D eigenvalue weighted by atomic mass is 32.2. The van der Waals surface area contributed by atoms with E-state index in [0.717, 1.165) is 22.1 Å². The molecule has 0 saturated carbocycles. The van der Waals surface area contributed by atoms with Crippen LogP contribution in [-0.4, -0.2) is 17.9 Å². The number of fused-ring (bicyclic) bond motifs is 2. The van der Waals surface area contributed by atoms with Gasteiger partial charge in [0, 0.05) is 11.3 Å². The topological polar surface area (TPSA) is 41.5 Å². The minimum Gasteiger partial charge on any atom is -0.272 e. The predicted molar refractivity (Wildman–Crippen MR) is 120 cm³/mol. The van der Waals surface area contributed by atoms with Gasteiger partial charge < -0.3 is 0 Å². The molecule has 0 heterocycles. The van der Waals surface area contributed by atoms with Crippen LogP contribution in [-0.2, 0) is 10.5 Å². The molecule has 0 aliphatic rings. The van der Waals surface area contributed by atoms with Crippen LogP contribution in [0.2, 0.25) is 0 Å². The third-order valence-corrected chi connectivity index (χ3v) is 5.54. The normalized spacial score (nSPS) is 11.3. The maximum atomic E-state index is 12.1. The first-order valence-corrected chi connectivity index (χ1v) is 10.3. The summed E-state index contributed by atoms with van der Waals surface area (Å²) in [6, 6.07) is 28.9. The van der Waals surface area contributed by atoms with Crippen molar-refractivity contribution in [3.8, 4) is 0 Å². The van der Waals surface area contributed by atoms with Crippen LogP contribution in [0.5, 0.6) is 0 Å². The Bertz CT molecular complexity index is 1150. The van der Waals surface area contributed by atoms with E-state index in [9.17, 15) is 4.79 Å². The Morgan fingerprint density at radius 1 is 0.857 bits per heavy atom. The SMILES string of the molecule is O=C(CSCc1ccc2ccccc2c1)N/N=C\c1cccc2ccccc12. The molecular weight excluding hydrogens is 364 g/mol. The van der Waals surface area contributed by atoms with Crippen LogP contribution in [0.25, 0.3) is 21.5 Å². The lowest BCUT2D eigenvalue weighted by molar-refractivity contribution is -0.118. The summed E-state index contributed by atoms with van der Waals surface area (Å²) in [5.41, 5.74) is 4.83. The Balaban J connectivity index is 1.30. The lowest BCUT2D eigenvalue weighted by Gasteiger charge is -2.04. The standard InChI is InChI=1S/C24H20N2OS/c27-24(17-28-16-18-12-13-19-6-1-2-8-21(19)14-18)26-25-15-22-10-5-9-20-7-3-4-11-23(20)22/h1-15H,16-17H2,(H,26,27)/b25-15-. The van der Waals surface area contributed by atoms with Crippen LogP contribution in [0.15, 0.2) is 90.0 Å². The minimum atomic E-state index is -0.0951. The predicted octanol–water partition coefficient (Wildman–Crippen LogP) is 5.38. The number of benzene rings is 4. The van der Waals surface area contributed by atoms with Crippen molar-refractivity contribution in [1.82, 2.24) is 5.43 Å². The van der Waals surface area contributed by atoms with E-state index in [1.165, 1.54) is 16.3 Å². The van der Waals surface area contributed by atoms with Crippen LogP contribution >= 0.6 is 11.8 Å². The fraction of sp³-hybridized carbons (Fsp3) is 0.0833. The van der Waals surface area contributed by atoms with Crippen molar-refractivity contribution >= 4 is 45.4 Å². The highest BCUT2D eigenvalue weighted by molar-refractivity contribution is 7.99. The molecule has 138 valence electrons. The largest absolute Gasteiger partial charge is 0.272 e. The zero-order valence-electron chi connectivity index (χ0n) is 15.3. The molecule has 0 atom stereocenters. The summed E-state index contributed by atoms with van der Waals surface area (Å²) in [5, 5.41) is 8.86. The third kappa shape index (κ3) is 4.41. The van der Waals surface area contributed by atoms with Gasteiger partial charge >= 0.3 is 0 Å². The number of nitrogens with one attached hydrogen (secondary N) is 1. The molecule has 1 N–H and O–H groups in total. The van der Waals surface area contributed by atoms with Crippen LogP contribution in [0, 0.1) is 0 Å². The highest BCUT2D eigenvalue weighted by Gasteiger charge is 2.02. The van der Waals surface area contributed by atoms with Crippen molar-refractivity contribution in [2.24, 2.45) is 5.10 Å². The van der Waals surface area contributed by atoms with E-state index in [1.54, 1.807) is 18.0 Å². The summed E-state index contributed by atoms with van der Waals surface area (Å²) in [7, 11) is 0. The van der Waals surface area contributed by atoms with E-state index in [1.807, 2.05) is 36.4 Å². The van der Waals surface area contributed by atoms with Gasteiger partial charge in [-0.05, 0) is 27.1 Å². The van der Waals surface area contributed by atoms with Gasteiger partial charge in [-0.1, -0.05) is 84.9 Å². The first kappa shape index (κ1) is 18.3. The van der Waals surface area contributed by atoms with E-state index in [2.05, 4.69) is 59.1 Å². The first-order chi connectivity index (χ1) is 13.8. The van der Waals surface area contributed by atoms with Crippen molar-refractivity contribution in [2.45, 2.75) is 5.75 Å². The molecule has 4 rings (SSSR count). The summed E-state index contributed by atoms with van der Waals surface area (Å²) in [4.78, 5) is 12.1. The molecule has 1 amide bonds. The van der Waals surface area contributed by atoms with Gasteiger partial charge in [0.1, 0.15) is 0 Å². The number of carbonyl (C=O) groups is 1. The molecule has 0 bridgehead atoms. The number of nitrogens with zero attached hydrogens (tertiary/aromatic N) is 1. The fourth-order valence-corrected chi connectivity index (χ4v) is 3.93. The van der Waals surface area contributed by atoms with Crippen molar-refractivity contribution < 1.29 is 4.79 Å². The lowest BCUT2D eigenvalue weighted by Crippen LogP contribution is -2.19. The van der Waals surface area contributed by atoms with Crippen molar-refractivity contribution in [2.75, 3.05) is 5.75 Å². The number of thioether (sulfide) groups is 1. The van der Waals surface area contributed by atoms with Crippen molar-refractivity contribution in [3.05, 3.63) is 96.1 Å². The second kappa shape index (κ2) is 8.72. The Hall–Kier alpha value is -3.11. The molecule has 4 aromatic carbocycles. The average molecular weight is 385 g/mol. The Kier molecular flexibility index (Phi) is 5.69. The smallest absolute Gasteiger partial charge is 0.250 e. The molecule has 3 nitrogen and oxygen atoms in total. The Labute approximate surface area is 168 Å². The van der Waals surface area contributed by atoms with Crippen LogP contribution in [0.4, 0.5) is 0 Å². The zero-order chi connectivity index (χ0) is 19.2. The maximum Gasteiger partial charge on any atom is 0.250 e. The van der Waals surface area contributed by atoms with E-state index < -0.39 is 0 Å². The molecule has 0 saturated heterocycles. The van der Waals surface area contributed by atoms with Crippen molar-refractivity contribution in [1.29, 1.82) is 0 Å². The second-order valence-electron chi connectivity index (χ2n) is 6.54. The fourth-order valence-electron chi connectivity index (χ4n) is 3.16. The van der Waals surface area contributed by atoms with E-state index in [0.29, 0.717) is 5.75 Å². The quantitative estimate of drug-likeness (QED) is 0.358. The molecule has 4 heteroatoms. The van der Waals surface area contributed by atoms with Gasteiger partial charge in [-0.15, -0.1) is 11.8 Å². The molecule has 0 spiro atoms. The number of hydrogen-bond acceptors (Lipinski definition) is 3. The van der Waals surface area contributed by atoms with Gasteiger partial charge in [0.15, 0.2) is 0 Å². The molecule has 28 heavy (non-hydrogen) atoms. The Morgan fingerprint density at radius 2 is 1.61 bits per heavy atom. The molecule has 4 aromatic rings. The van der Waals surface area contributed by atoms with E-state index in [-0.39, 0.29) is 5.91 Å². The molecule has 0 unspecified atom stereocenters. The van der Waals surface area contributed by atoms with Gasteiger partial charge in [0.25, 0.3) is 0 Å². The zero-order valence-corrected chi connectivity index (χ0v) is 16.2. The van der Waals surface area contributed by atoms with Gasteiger partial charge in [-0.2, -0.15) is 5.10 Å². The molecule has 0 fully saturated rings. The second-order valence-corrected chi connectivity index (χ2v) is 7.52. The number of hydrogen-bond donors (Lipinski definition) is 1. The van der Waals surface area contributed by atoms with E-state index in [4.69, 9.17) is 0 Å². The first-order valence-electron chi connectivity index (χ1n) is 9.15. The third-order valence-electron chi connectivity index (χ3n) is 4.53. The van der Waals surface area contributed by atoms with Crippen molar-refractivity contribution in [3.63, 3.8) is 0 Å². The lowest BCUT2D eigenvalue weighted by atomic mass is 10.1. The summed E-state index contributed by atoms with van der Waals surface area (Å²) >= 11 is 1.59. The molecule has 0 aliphatic heterocycles. The average Bonchev–Trinajstić information content (AvgIpc) is 2.74. The minimum absolute atomic E-state index is 0.0951. The van der Waals surface area contributed by atoms with Gasteiger partial charge in [0.05, 0.1) is 12.0 Å². The van der Waals surface area contributed by atoms with Crippen LogP contribution < -0.4 is 5.43 Å². The van der Waals surface area contributed by atoms with Gasteiger partial charge in [-0.3, -0.25) is 4.79 Å². The van der Waals surface area contributed by atoms with Gasteiger partial charge in [0.2, 0.25) is 5.91 Å². The number of hydrazone groups is 1. The van der Waals surface area contributed by atoms with Gasteiger partial charge in [-0.25, -0.2) is 5.43 Å². The number of carbonyl (C=O) groups excluding carboxylic acids is 1. The molecule has 0 radical (unpaired) electrons. The number of rotatable bonds is 6. The summed E-state index contributed by atoms with van der Waals surface area (Å²) in [6.45, 7) is 0. The highest BCUT2D eigenvalue weighted by Crippen LogP contribution is 2.19. The molecule has 0 aromatic heterocycles. The monoisotopic (exact) mass is 384 g/mol. The maximum absolute atomic E-state index is 12.1. The Morgan fingerprint density at radius 3 is 2.50 bits per heavy atom. The summed E-state index contributed by atoms with van der Waals surface area (Å²) < 4.78 is 0.